The number of nitriles is 1. The summed E-state index contributed by atoms with van der Waals surface area (Å²) in [7, 11) is -4.06. The van der Waals surface area contributed by atoms with Gasteiger partial charge in [-0.2, -0.15) is 5.26 Å². The molecule has 0 saturated carbocycles. The summed E-state index contributed by atoms with van der Waals surface area (Å²) in [5.41, 5.74) is 1.62. The number of nitrogens with zero attached hydrogens (tertiary/aromatic N) is 1. The second-order valence-electron chi connectivity index (χ2n) is 6.93. The molecule has 7 heteroatoms. The van der Waals surface area contributed by atoms with Gasteiger partial charge in [-0.05, 0) is 47.5 Å². The normalized spacial score (nSPS) is 22.2. The summed E-state index contributed by atoms with van der Waals surface area (Å²) in [6.07, 6.45) is -0.0965. The van der Waals surface area contributed by atoms with Crippen molar-refractivity contribution in [3.05, 3.63) is 94.8 Å². The number of hydrogen-bond acceptors (Lipinski definition) is 4. The predicted octanol–water partition coefficient (Wildman–Crippen LogP) is 4.92. The summed E-state index contributed by atoms with van der Waals surface area (Å²) in [4.78, 5) is 0.0777. The van der Waals surface area contributed by atoms with Crippen molar-refractivity contribution >= 4 is 27.1 Å². The highest BCUT2D eigenvalue weighted by Gasteiger charge is 2.56. The third-order valence-electron chi connectivity index (χ3n) is 5.19. The molecule has 0 radical (unpaired) electrons. The van der Waals surface area contributed by atoms with E-state index in [1.54, 1.807) is 42.5 Å². The minimum Gasteiger partial charge on any atom is -0.374 e. The molecule has 29 heavy (non-hydrogen) atoms. The summed E-state index contributed by atoms with van der Waals surface area (Å²) in [6, 6.07) is 20.0. The van der Waals surface area contributed by atoms with Gasteiger partial charge in [0, 0.05) is 11.4 Å². The van der Waals surface area contributed by atoms with E-state index >= 15 is 0 Å². The van der Waals surface area contributed by atoms with Gasteiger partial charge < -0.3 is 5.32 Å². The lowest BCUT2D eigenvalue weighted by atomic mass is 9.87. The largest absolute Gasteiger partial charge is 0.374 e. The van der Waals surface area contributed by atoms with Crippen LogP contribution in [0.2, 0.25) is 5.02 Å². The van der Waals surface area contributed by atoms with Crippen molar-refractivity contribution in [2.24, 2.45) is 0 Å². The highest BCUT2D eigenvalue weighted by Crippen LogP contribution is 2.47. The van der Waals surface area contributed by atoms with Crippen molar-refractivity contribution in [3.8, 4) is 6.07 Å². The Labute approximate surface area is 173 Å². The van der Waals surface area contributed by atoms with Crippen molar-refractivity contribution < 1.29 is 12.8 Å². The highest BCUT2D eigenvalue weighted by molar-refractivity contribution is 7.93. The fourth-order valence-corrected chi connectivity index (χ4v) is 5.89. The maximum absolute atomic E-state index is 13.7. The quantitative estimate of drug-likeness (QED) is 0.645. The molecule has 1 aliphatic heterocycles. The maximum Gasteiger partial charge on any atom is 0.202 e. The minimum atomic E-state index is -4.06. The first-order chi connectivity index (χ1) is 13.9. The van der Waals surface area contributed by atoms with E-state index in [-0.39, 0.29) is 11.3 Å². The van der Waals surface area contributed by atoms with E-state index < -0.39 is 26.4 Å². The maximum atomic E-state index is 13.7. The van der Waals surface area contributed by atoms with E-state index in [4.69, 9.17) is 11.6 Å². The Hall–Kier alpha value is -2.88. The van der Waals surface area contributed by atoms with Crippen molar-refractivity contribution in [2.75, 3.05) is 5.32 Å². The lowest BCUT2D eigenvalue weighted by molar-refractivity contribution is 0.509. The third kappa shape index (κ3) is 3.17. The van der Waals surface area contributed by atoms with Gasteiger partial charge in [-0.1, -0.05) is 48.0 Å². The Bertz CT molecular complexity index is 1200. The van der Waals surface area contributed by atoms with Crippen LogP contribution in [0.3, 0.4) is 0 Å². The molecule has 3 aromatic carbocycles. The highest BCUT2D eigenvalue weighted by atomic mass is 35.5. The van der Waals surface area contributed by atoms with Crippen LogP contribution in [0.25, 0.3) is 0 Å². The van der Waals surface area contributed by atoms with Crippen molar-refractivity contribution in [2.45, 2.75) is 22.1 Å². The second-order valence-corrected chi connectivity index (χ2v) is 9.54. The molecule has 0 aromatic heterocycles. The fraction of sp³-hybridized carbons (Fsp3) is 0.136. The van der Waals surface area contributed by atoms with Gasteiger partial charge in [-0.3, -0.25) is 0 Å². The zero-order valence-corrected chi connectivity index (χ0v) is 16.7. The molecule has 4 nitrogen and oxygen atoms in total. The van der Waals surface area contributed by atoms with E-state index in [0.29, 0.717) is 21.8 Å². The number of benzene rings is 3. The number of anilines is 1. The fourth-order valence-electron chi connectivity index (χ4n) is 3.72. The molecule has 0 bridgehead atoms. The number of nitrogens with one attached hydrogen (secondary N) is 1. The molecule has 0 amide bonds. The number of rotatable bonds is 3. The minimum absolute atomic E-state index is 0.0777. The van der Waals surface area contributed by atoms with Crippen LogP contribution < -0.4 is 5.32 Å². The summed E-state index contributed by atoms with van der Waals surface area (Å²) in [5, 5.41) is 14.0. The molecule has 1 aliphatic rings. The summed E-state index contributed by atoms with van der Waals surface area (Å²) >= 11 is 6.00. The first-order valence-corrected chi connectivity index (χ1v) is 10.7. The lowest BCUT2D eigenvalue weighted by Crippen LogP contribution is -2.51. The van der Waals surface area contributed by atoms with Crippen LogP contribution in [0.4, 0.5) is 10.1 Å². The average molecular weight is 427 g/mol. The smallest absolute Gasteiger partial charge is 0.202 e. The van der Waals surface area contributed by atoms with Gasteiger partial charge in [0.25, 0.3) is 0 Å². The van der Waals surface area contributed by atoms with Gasteiger partial charge in [-0.25, -0.2) is 12.8 Å². The monoisotopic (exact) mass is 426 g/mol. The Morgan fingerprint density at radius 3 is 2.34 bits per heavy atom. The second kappa shape index (κ2) is 7.18. The molecule has 2 unspecified atom stereocenters. The van der Waals surface area contributed by atoms with Crippen LogP contribution in [-0.2, 0) is 16.3 Å². The van der Waals surface area contributed by atoms with E-state index in [2.05, 4.69) is 11.4 Å². The van der Waals surface area contributed by atoms with Crippen molar-refractivity contribution in [1.82, 2.24) is 0 Å². The van der Waals surface area contributed by atoms with Crippen LogP contribution >= 0.6 is 11.6 Å². The summed E-state index contributed by atoms with van der Waals surface area (Å²) < 4.78 is 39.0. The Kier molecular flexibility index (Phi) is 4.81. The number of sulfone groups is 1. The van der Waals surface area contributed by atoms with E-state index in [1.165, 1.54) is 30.3 Å². The Balaban J connectivity index is 1.95. The van der Waals surface area contributed by atoms with E-state index in [0.717, 1.165) is 0 Å². The molecular formula is C22H16ClFN2O2S. The van der Waals surface area contributed by atoms with Crippen LogP contribution in [0.1, 0.15) is 17.2 Å². The summed E-state index contributed by atoms with van der Waals surface area (Å²) in [6.45, 7) is 0. The zero-order chi connectivity index (χ0) is 20.6. The molecule has 146 valence electrons. The molecule has 0 saturated heterocycles. The van der Waals surface area contributed by atoms with Crippen LogP contribution in [-0.4, -0.2) is 13.2 Å². The number of fused-ring (bicyclic) bond motifs is 1. The lowest BCUT2D eigenvalue weighted by Gasteiger charge is -2.40. The third-order valence-corrected chi connectivity index (χ3v) is 7.81. The predicted molar refractivity (Wildman–Crippen MR) is 110 cm³/mol. The standard InChI is InChI=1S/C22H16ClFN2O2S/c23-17-9-7-16(8-10-17)21-22(14-25,13-15-5-11-18(24)12-6-15)29(27,28)20-4-2-1-3-19(20)26-21/h1-12,21,26H,13H2. The zero-order valence-electron chi connectivity index (χ0n) is 15.1. The Morgan fingerprint density at radius 2 is 1.69 bits per heavy atom. The Morgan fingerprint density at radius 1 is 1.03 bits per heavy atom. The first-order valence-electron chi connectivity index (χ1n) is 8.89. The average Bonchev–Trinajstić information content (AvgIpc) is 2.72. The molecule has 0 spiro atoms. The summed E-state index contributed by atoms with van der Waals surface area (Å²) in [5.74, 6) is -0.427. The van der Waals surface area contributed by atoms with Crippen LogP contribution in [0.5, 0.6) is 0 Å². The molecule has 0 aliphatic carbocycles. The first kappa shape index (κ1) is 19.4. The molecule has 1 heterocycles. The molecule has 1 N–H and O–H groups in total. The van der Waals surface area contributed by atoms with Gasteiger partial charge in [-0.15, -0.1) is 0 Å². The van der Waals surface area contributed by atoms with E-state index in [9.17, 15) is 18.1 Å². The van der Waals surface area contributed by atoms with Crippen LogP contribution in [0.15, 0.2) is 77.7 Å². The number of para-hydroxylation sites is 1. The van der Waals surface area contributed by atoms with Gasteiger partial charge >= 0.3 is 0 Å². The SMILES string of the molecule is N#CC1(Cc2ccc(F)cc2)C(c2ccc(Cl)cc2)Nc2ccccc2S1(=O)=O. The van der Waals surface area contributed by atoms with E-state index in [1.807, 2.05) is 0 Å². The molecular weight excluding hydrogens is 411 g/mol. The van der Waals surface area contributed by atoms with Gasteiger partial charge in [0.05, 0.1) is 22.7 Å². The van der Waals surface area contributed by atoms with Crippen molar-refractivity contribution in [3.63, 3.8) is 0 Å². The van der Waals surface area contributed by atoms with Gasteiger partial charge in [0.2, 0.25) is 9.84 Å². The molecule has 4 rings (SSSR count). The molecule has 0 fully saturated rings. The van der Waals surface area contributed by atoms with Crippen molar-refractivity contribution in [1.29, 1.82) is 5.26 Å². The molecule has 2 atom stereocenters. The van der Waals surface area contributed by atoms with Crippen LogP contribution in [0, 0.1) is 17.1 Å². The molecule has 3 aromatic rings. The topological polar surface area (TPSA) is 70.0 Å². The number of halogens is 2. The van der Waals surface area contributed by atoms with Gasteiger partial charge in [0.15, 0.2) is 4.75 Å². The van der Waals surface area contributed by atoms with Gasteiger partial charge in [0.1, 0.15) is 5.82 Å². The number of hydrogen-bond donors (Lipinski definition) is 1.